The number of hydrogen-bond donors (Lipinski definition) is 1. The number of nitrogens with zero attached hydrogens (tertiary/aromatic N) is 2. The lowest BCUT2D eigenvalue weighted by Gasteiger charge is -2.06. The zero-order valence-electron chi connectivity index (χ0n) is 13.8. The molecule has 3 aromatic rings. The van der Waals surface area contributed by atoms with Gasteiger partial charge in [0.05, 0.1) is 25.0 Å². The van der Waals surface area contributed by atoms with Crippen LogP contribution in [0, 0.1) is 5.82 Å². The van der Waals surface area contributed by atoms with Gasteiger partial charge in [-0.25, -0.2) is 4.39 Å². The minimum Gasteiger partial charge on any atom is -0.494 e. The predicted molar refractivity (Wildman–Crippen MR) is 93.3 cm³/mol. The molecule has 0 spiro atoms. The van der Waals surface area contributed by atoms with E-state index in [1.165, 1.54) is 12.1 Å². The topological polar surface area (TPSA) is 56.1 Å². The third kappa shape index (κ3) is 4.44. The van der Waals surface area contributed by atoms with E-state index in [0.29, 0.717) is 30.2 Å². The van der Waals surface area contributed by atoms with Crippen LogP contribution in [-0.4, -0.2) is 22.3 Å². The summed E-state index contributed by atoms with van der Waals surface area (Å²) in [7, 11) is 0. The summed E-state index contributed by atoms with van der Waals surface area (Å²) >= 11 is 0. The van der Waals surface area contributed by atoms with Gasteiger partial charge in [-0.2, -0.15) is 5.10 Å². The van der Waals surface area contributed by atoms with Crippen LogP contribution in [0.4, 0.5) is 10.1 Å². The highest BCUT2D eigenvalue weighted by Gasteiger charge is 2.09. The van der Waals surface area contributed by atoms with Crippen LogP contribution in [0.5, 0.6) is 5.75 Å². The van der Waals surface area contributed by atoms with E-state index in [2.05, 4.69) is 10.4 Å². The van der Waals surface area contributed by atoms with Crippen LogP contribution in [0.15, 0.2) is 60.9 Å². The van der Waals surface area contributed by atoms with Crippen LogP contribution in [-0.2, 0) is 6.54 Å². The smallest absolute Gasteiger partial charge is 0.255 e. The summed E-state index contributed by atoms with van der Waals surface area (Å²) in [5.74, 6) is 0.150. The highest BCUT2D eigenvalue weighted by atomic mass is 19.1. The van der Waals surface area contributed by atoms with Crippen molar-refractivity contribution in [1.82, 2.24) is 9.78 Å². The number of aromatic nitrogens is 2. The van der Waals surface area contributed by atoms with Crippen LogP contribution in [0.1, 0.15) is 22.8 Å². The van der Waals surface area contributed by atoms with Crippen molar-refractivity contribution in [3.63, 3.8) is 0 Å². The van der Waals surface area contributed by atoms with Gasteiger partial charge in [-0.05, 0) is 42.8 Å². The molecule has 0 atom stereocenters. The summed E-state index contributed by atoms with van der Waals surface area (Å²) in [6, 6.07) is 13.2. The van der Waals surface area contributed by atoms with E-state index < -0.39 is 0 Å². The van der Waals surface area contributed by atoms with Crippen molar-refractivity contribution in [2.75, 3.05) is 11.9 Å². The Labute approximate surface area is 145 Å². The number of halogens is 1. The molecule has 0 fully saturated rings. The highest BCUT2D eigenvalue weighted by molar-refractivity contribution is 6.04. The number of hydrogen-bond acceptors (Lipinski definition) is 3. The van der Waals surface area contributed by atoms with Crippen LogP contribution < -0.4 is 10.1 Å². The molecule has 1 heterocycles. The van der Waals surface area contributed by atoms with Crippen molar-refractivity contribution in [3.05, 3.63) is 77.9 Å². The SMILES string of the molecule is CCOc1cccc(C(=O)Nc2cnn(Cc3ccc(F)cc3)c2)c1. The van der Waals surface area contributed by atoms with E-state index in [4.69, 9.17) is 4.74 Å². The second-order valence-electron chi connectivity index (χ2n) is 5.47. The Morgan fingerprint density at radius 3 is 2.80 bits per heavy atom. The first-order valence-electron chi connectivity index (χ1n) is 7.95. The van der Waals surface area contributed by atoms with E-state index in [1.807, 2.05) is 6.92 Å². The maximum atomic E-state index is 12.9. The van der Waals surface area contributed by atoms with Gasteiger partial charge in [0.1, 0.15) is 11.6 Å². The summed E-state index contributed by atoms with van der Waals surface area (Å²) in [5.41, 5.74) is 2.03. The van der Waals surface area contributed by atoms with Crippen LogP contribution in [0.2, 0.25) is 0 Å². The third-order valence-corrected chi connectivity index (χ3v) is 3.56. The van der Waals surface area contributed by atoms with Gasteiger partial charge < -0.3 is 10.1 Å². The van der Waals surface area contributed by atoms with E-state index in [0.717, 1.165) is 5.56 Å². The van der Waals surface area contributed by atoms with Gasteiger partial charge in [0.2, 0.25) is 0 Å². The monoisotopic (exact) mass is 339 g/mol. The summed E-state index contributed by atoms with van der Waals surface area (Å²) in [4.78, 5) is 12.3. The zero-order valence-corrected chi connectivity index (χ0v) is 13.8. The van der Waals surface area contributed by atoms with Gasteiger partial charge in [-0.3, -0.25) is 9.48 Å². The molecule has 0 aliphatic rings. The van der Waals surface area contributed by atoms with Gasteiger partial charge in [0.25, 0.3) is 5.91 Å². The molecule has 0 aliphatic heterocycles. The van der Waals surface area contributed by atoms with Crippen LogP contribution in [0.25, 0.3) is 0 Å². The van der Waals surface area contributed by atoms with Crippen molar-refractivity contribution >= 4 is 11.6 Å². The Hall–Kier alpha value is -3.15. The van der Waals surface area contributed by atoms with E-state index in [1.54, 1.807) is 53.5 Å². The number of amides is 1. The zero-order chi connectivity index (χ0) is 17.6. The second-order valence-corrected chi connectivity index (χ2v) is 5.47. The lowest BCUT2D eigenvalue weighted by molar-refractivity contribution is 0.102. The van der Waals surface area contributed by atoms with Crippen molar-refractivity contribution < 1.29 is 13.9 Å². The Balaban J connectivity index is 1.65. The van der Waals surface area contributed by atoms with E-state index >= 15 is 0 Å². The minimum absolute atomic E-state index is 0.233. The number of carbonyl (C=O) groups excluding carboxylic acids is 1. The fourth-order valence-corrected chi connectivity index (χ4v) is 2.39. The molecule has 6 heteroatoms. The first-order chi connectivity index (χ1) is 12.1. The second kappa shape index (κ2) is 7.61. The summed E-state index contributed by atoms with van der Waals surface area (Å²) in [5, 5.41) is 7.02. The lowest BCUT2D eigenvalue weighted by atomic mass is 10.2. The van der Waals surface area contributed by atoms with Gasteiger partial charge in [0, 0.05) is 11.8 Å². The molecule has 1 amide bonds. The Morgan fingerprint density at radius 1 is 1.24 bits per heavy atom. The van der Waals surface area contributed by atoms with Crippen LogP contribution >= 0.6 is 0 Å². The maximum absolute atomic E-state index is 12.9. The number of rotatable bonds is 6. The molecule has 25 heavy (non-hydrogen) atoms. The summed E-state index contributed by atoms with van der Waals surface area (Å²) < 4.78 is 20.0. The third-order valence-electron chi connectivity index (χ3n) is 3.56. The Kier molecular flexibility index (Phi) is 5.09. The molecule has 0 radical (unpaired) electrons. The number of nitrogens with one attached hydrogen (secondary N) is 1. The van der Waals surface area contributed by atoms with E-state index in [-0.39, 0.29) is 11.7 Å². The first kappa shape index (κ1) is 16.7. The largest absolute Gasteiger partial charge is 0.494 e. The summed E-state index contributed by atoms with van der Waals surface area (Å²) in [6.07, 6.45) is 3.31. The van der Waals surface area contributed by atoms with Crippen LogP contribution in [0.3, 0.4) is 0 Å². The standard InChI is InChI=1S/C19H18FN3O2/c1-2-25-18-5-3-4-15(10-18)19(24)22-17-11-21-23(13-17)12-14-6-8-16(20)9-7-14/h3-11,13H,2,12H2,1H3,(H,22,24). The molecule has 128 valence electrons. The molecule has 0 saturated carbocycles. The number of ether oxygens (including phenoxy) is 1. The molecule has 0 aliphatic carbocycles. The fraction of sp³-hybridized carbons (Fsp3) is 0.158. The minimum atomic E-state index is -0.272. The van der Waals surface area contributed by atoms with Gasteiger partial charge >= 0.3 is 0 Å². The number of carbonyl (C=O) groups is 1. The summed E-state index contributed by atoms with van der Waals surface area (Å²) in [6.45, 7) is 2.93. The molecule has 3 rings (SSSR count). The van der Waals surface area contributed by atoms with Crippen molar-refractivity contribution in [3.8, 4) is 5.75 Å². The van der Waals surface area contributed by atoms with Crippen molar-refractivity contribution in [1.29, 1.82) is 0 Å². The first-order valence-corrected chi connectivity index (χ1v) is 7.95. The van der Waals surface area contributed by atoms with Gasteiger partial charge in [0.15, 0.2) is 0 Å². The van der Waals surface area contributed by atoms with E-state index in [9.17, 15) is 9.18 Å². The van der Waals surface area contributed by atoms with Crippen molar-refractivity contribution in [2.24, 2.45) is 0 Å². The average molecular weight is 339 g/mol. The molecular weight excluding hydrogens is 321 g/mol. The normalized spacial score (nSPS) is 10.5. The Bertz CT molecular complexity index is 859. The molecule has 0 saturated heterocycles. The quantitative estimate of drug-likeness (QED) is 0.745. The molecule has 0 bridgehead atoms. The fourth-order valence-electron chi connectivity index (χ4n) is 2.39. The predicted octanol–water partition coefficient (Wildman–Crippen LogP) is 3.72. The maximum Gasteiger partial charge on any atom is 0.255 e. The Morgan fingerprint density at radius 2 is 2.04 bits per heavy atom. The number of anilines is 1. The van der Waals surface area contributed by atoms with Gasteiger partial charge in [-0.15, -0.1) is 0 Å². The molecule has 5 nitrogen and oxygen atoms in total. The molecular formula is C19H18FN3O2. The molecule has 2 aromatic carbocycles. The van der Waals surface area contributed by atoms with Crippen molar-refractivity contribution in [2.45, 2.75) is 13.5 Å². The average Bonchev–Trinajstić information content (AvgIpc) is 3.04. The lowest BCUT2D eigenvalue weighted by Crippen LogP contribution is -2.11. The molecule has 1 aromatic heterocycles. The van der Waals surface area contributed by atoms with Gasteiger partial charge in [-0.1, -0.05) is 18.2 Å². The molecule has 0 unspecified atom stereocenters. The molecule has 1 N–H and O–H groups in total. The number of benzene rings is 2. The highest BCUT2D eigenvalue weighted by Crippen LogP contribution is 2.15.